The summed E-state index contributed by atoms with van der Waals surface area (Å²) >= 11 is 12.0. The molecular formula is C25H19Cl2NO8. The summed E-state index contributed by atoms with van der Waals surface area (Å²) in [6.07, 6.45) is 0. The second kappa shape index (κ2) is 11.6. The second-order valence-electron chi connectivity index (χ2n) is 7.15. The summed E-state index contributed by atoms with van der Waals surface area (Å²) in [6, 6.07) is 12.4. The SMILES string of the molecule is COC(=O)c1cc(Oc2ccc(C(=O)OC)cc2NC(=O)c2cc(Cl)cc(Cl)c2)cc(C(=O)OC)c1. The number of rotatable bonds is 7. The molecule has 3 aromatic carbocycles. The molecule has 0 aliphatic heterocycles. The molecule has 0 fully saturated rings. The first-order valence-electron chi connectivity index (χ1n) is 10.1. The highest BCUT2D eigenvalue weighted by atomic mass is 35.5. The maximum atomic E-state index is 12.9. The molecule has 1 N–H and O–H groups in total. The average molecular weight is 532 g/mol. The molecule has 0 atom stereocenters. The minimum Gasteiger partial charge on any atom is -0.465 e. The van der Waals surface area contributed by atoms with Gasteiger partial charge in [0.1, 0.15) is 5.75 Å². The first kappa shape index (κ1) is 26.5. The predicted octanol–water partition coefficient (Wildman–Crippen LogP) is 5.40. The van der Waals surface area contributed by atoms with Gasteiger partial charge >= 0.3 is 17.9 Å². The van der Waals surface area contributed by atoms with E-state index in [0.29, 0.717) is 0 Å². The van der Waals surface area contributed by atoms with Crippen LogP contribution in [0, 0.1) is 0 Å². The molecule has 9 nitrogen and oxygen atoms in total. The number of ether oxygens (including phenoxy) is 4. The van der Waals surface area contributed by atoms with Gasteiger partial charge in [-0.1, -0.05) is 23.2 Å². The standard InChI is InChI=1S/C25H19Cl2NO8/c1-33-23(30)13-4-5-21(20(11-13)28-22(29)14-7-17(26)12-18(27)8-14)36-19-9-15(24(31)34-2)6-16(10-19)25(32)35-3/h4-12H,1-3H3,(H,28,29). The lowest BCUT2D eigenvalue weighted by molar-refractivity contribution is 0.0587. The summed E-state index contributed by atoms with van der Waals surface area (Å²) < 4.78 is 20.1. The van der Waals surface area contributed by atoms with Crippen molar-refractivity contribution >= 4 is 52.7 Å². The fraction of sp³-hybridized carbons (Fsp3) is 0.120. The van der Waals surface area contributed by atoms with Gasteiger partial charge in [0.05, 0.1) is 43.7 Å². The molecule has 0 heterocycles. The number of esters is 3. The van der Waals surface area contributed by atoms with E-state index in [9.17, 15) is 19.2 Å². The van der Waals surface area contributed by atoms with Crippen LogP contribution in [0.4, 0.5) is 5.69 Å². The molecule has 0 aliphatic carbocycles. The second-order valence-corrected chi connectivity index (χ2v) is 8.02. The number of halogens is 2. The largest absolute Gasteiger partial charge is 0.465 e. The monoisotopic (exact) mass is 531 g/mol. The van der Waals surface area contributed by atoms with E-state index in [2.05, 4.69) is 5.32 Å². The Morgan fingerprint density at radius 3 is 1.69 bits per heavy atom. The van der Waals surface area contributed by atoms with Crippen LogP contribution in [0.5, 0.6) is 11.5 Å². The normalized spacial score (nSPS) is 10.2. The van der Waals surface area contributed by atoms with Gasteiger partial charge in [0.2, 0.25) is 0 Å². The van der Waals surface area contributed by atoms with Crippen molar-refractivity contribution in [1.82, 2.24) is 0 Å². The van der Waals surface area contributed by atoms with Crippen LogP contribution >= 0.6 is 23.2 Å². The maximum Gasteiger partial charge on any atom is 0.338 e. The first-order chi connectivity index (χ1) is 17.1. The number of amides is 1. The van der Waals surface area contributed by atoms with Gasteiger partial charge in [-0.05, 0) is 54.6 Å². The molecule has 0 unspecified atom stereocenters. The van der Waals surface area contributed by atoms with E-state index < -0.39 is 23.8 Å². The lowest BCUT2D eigenvalue weighted by Gasteiger charge is -2.15. The highest BCUT2D eigenvalue weighted by molar-refractivity contribution is 6.35. The summed E-state index contributed by atoms with van der Waals surface area (Å²) in [6.45, 7) is 0. The zero-order chi connectivity index (χ0) is 26.4. The number of carbonyl (C=O) groups is 4. The van der Waals surface area contributed by atoms with Gasteiger partial charge in [-0.2, -0.15) is 0 Å². The maximum absolute atomic E-state index is 12.9. The smallest absolute Gasteiger partial charge is 0.338 e. The van der Waals surface area contributed by atoms with Gasteiger partial charge in [0.15, 0.2) is 5.75 Å². The first-order valence-corrected chi connectivity index (χ1v) is 10.9. The average Bonchev–Trinajstić information content (AvgIpc) is 2.87. The molecule has 1 amide bonds. The van der Waals surface area contributed by atoms with Crippen LogP contribution in [0.1, 0.15) is 41.4 Å². The van der Waals surface area contributed by atoms with Gasteiger partial charge in [-0.15, -0.1) is 0 Å². The summed E-state index contributed by atoms with van der Waals surface area (Å²) in [5, 5.41) is 3.15. The van der Waals surface area contributed by atoms with Crippen molar-refractivity contribution in [2.45, 2.75) is 0 Å². The van der Waals surface area contributed by atoms with E-state index in [1.807, 2.05) is 0 Å². The van der Waals surface area contributed by atoms with E-state index in [1.54, 1.807) is 0 Å². The van der Waals surface area contributed by atoms with Crippen LogP contribution in [0.2, 0.25) is 10.0 Å². The van der Waals surface area contributed by atoms with Crippen molar-refractivity contribution in [3.8, 4) is 11.5 Å². The lowest BCUT2D eigenvalue weighted by atomic mass is 10.1. The summed E-state index contributed by atoms with van der Waals surface area (Å²) in [5.41, 5.74) is 0.425. The third-order valence-corrected chi connectivity index (χ3v) is 5.19. The van der Waals surface area contributed by atoms with Crippen molar-refractivity contribution in [2.24, 2.45) is 0 Å². The molecule has 0 aromatic heterocycles. The molecule has 36 heavy (non-hydrogen) atoms. The lowest BCUT2D eigenvalue weighted by Crippen LogP contribution is -2.14. The van der Waals surface area contributed by atoms with E-state index in [4.69, 9.17) is 42.1 Å². The minimum atomic E-state index is -0.710. The number of anilines is 1. The zero-order valence-electron chi connectivity index (χ0n) is 19.2. The van der Waals surface area contributed by atoms with Crippen molar-refractivity contribution < 1.29 is 38.1 Å². The van der Waals surface area contributed by atoms with E-state index in [-0.39, 0.29) is 49.5 Å². The highest BCUT2D eigenvalue weighted by Crippen LogP contribution is 2.33. The number of hydrogen-bond acceptors (Lipinski definition) is 8. The molecule has 3 aromatic rings. The van der Waals surface area contributed by atoms with Gasteiger partial charge in [-0.25, -0.2) is 14.4 Å². The Labute approximate surface area is 215 Å². The summed E-state index contributed by atoms with van der Waals surface area (Å²) in [4.78, 5) is 49.2. The highest BCUT2D eigenvalue weighted by Gasteiger charge is 2.18. The van der Waals surface area contributed by atoms with Crippen molar-refractivity contribution in [3.63, 3.8) is 0 Å². The molecule has 0 radical (unpaired) electrons. The Balaban J connectivity index is 2.05. The fourth-order valence-electron chi connectivity index (χ4n) is 3.10. The summed E-state index contributed by atoms with van der Waals surface area (Å²) in [5.74, 6) is -2.52. The Kier molecular flexibility index (Phi) is 8.52. The predicted molar refractivity (Wildman–Crippen MR) is 131 cm³/mol. The van der Waals surface area contributed by atoms with E-state index in [0.717, 1.165) is 0 Å². The molecule has 0 saturated heterocycles. The molecule has 0 saturated carbocycles. The van der Waals surface area contributed by atoms with Crippen LogP contribution in [-0.2, 0) is 14.2 Å². The Morgan fingerprint density at radius 2 is 1.17 bits per heavy atom. The van der Waals surface area contributed by atoms with Crippen molar-refractivity contribution in [3.05, 3.63) is 86.9 Å². The number of hydrogen-bond donors (Lipinski definition) is 1. The number of nitrogens with one attached hydrogen (secondary N) is 1. The third kappa shape index (κ3) is 6.32. The van der Waals surface area contributed by atoms with E-state index in [1.165, 1.54) is 75.9 Å². The Morgan fingerprint density at radius 1 is 0.639 bits per heavy atom. The topological polar surface area (TPSA) is 117 Å². The van der Waals surface area contributed by atoms with Crippen molar-refractivity contribution in [2.75, 3.05) is 26.6 Å². The van der Waals surface area contributed by atoms with Gasteiger partial charge < -0.3 is 24.3 Å². The minimum absolute atomic E-state index is 0.0285. The van der Waals surface area contributed by atoms with Crippen LogP contribution in [0.3, 0.4) is 0 Å². The third-order valence-electron chi connectivity index (χ3n) is 4.75. The van der Waals surface area contributed by atoms with Crippen molar-refractivity contribution in [1.29, 1.82) is 0 Å². The molecule has 186 valence electrons. The molecular weight excluding hydrogens is 513 g/mol. The van der Waals surface area contributed by atoms with Crippen LogP contribution in [0.15, 0.2) is 54.6 Å². The van der Waals surface area contributed by atoms with E-state index >= 15 is 0 Å². The fourth-order valence-corrected chi connectivity index (χ4v) is 3.62. The number of benzene rings is 3. The summed E-state index contributed by atoms with van der Waals surface area (Å²) in [7, 11) is 3.59. The molecule has 0 spiro atoms. The Hall–Kier alpha value is -4.08. The van der Waals surface area contributed by atoms with Crippen LogP contribution in [0.25, 0.3) is 0 Å². The number of methoxy groups -OCH3 is 3. The molecule has 0 aliphatic rings. The molecule has 0 bridgehead atoms. The van der Waals surface area contributed by atoms with Gasteiger partial charge in [-0.3, -0.25) is 4.79 Å². The van der Waals surface area contributed by atoms with Crippen LogP contribution < -0.4 is 10.1 Å². The van der Waals surface area contributed by atoms with Crippen LogP contribution in [-0.4, -0.2) is 45.1 Å². The zero-order valence-corrected chi connectivity index (χ0v) is 20.7. The molecule has 11 heteroatoms. The Bertz CT molecular complexity index is 1300. The van der Waals surface area contributed by atoms with Gasteiger partial charge in [0.25, 0.3) is 5.91 Å². The number of carbonyl (C=O) groups excluding carboxylic acids is 4. The quantitative estimate of drug-likeness (QED) is 0.318. The molecule has 3 rings (SSSR count). The van der Waals surface area contributed by atoms with Gasteiger partial charge in [0, 0.05) is 15.6 Å².